The molecule has 2 aromatic rings. The predicted molar refractivity (Wildman–Crippen MR) is 75.7 cm³/mol. The summed E-state index contributed by atoms with van der Waals surface area (Å²) in [5.41, 5.74) is 1.58. The second-order valence-electron chi connectivity index (χ2n) is 4.48. The lowest BCUT2D eigenvalue weighted by Crippen LogP contribution is -2.13. The van der Waals surface area contributed by atoms with E-state index in [4.69, 9.17) is 4.18 Å². The quantitative estimate of drug-likeness (QED) is 0.860. The van der Waals surface area contributed by atoms with Gasteiger partial charge in [0.15, 0.2) is 0 Å². The second-order valence-corrected chi connectivity index (χ2v) is 6.09. The van der Waals surface area contributed by atoms with E-state index in [0.717, 1.165) is 5.56 Å². The molecule has 0 fully saturated rings. The Balaban J connectivity index is 2.04. The number of aryl methyl sites for hydroxylation is 1. The van der Waals surface area contributed by atoms with Gasteiger partial charge in [-0.25, -0.2) is 0 Å². The molecule has 1 unspecified atom stereocenters. The standard InChI is InChI=1S/C15H16O4S/c1-12-7-9-14(10-8-12)20(17,18)19-11-15(16)13-5-3-2-4-6-13/h2-10,15-16H,11H2,1H3. The van der Waals surface area contributed by atoms with Crippen LogP contribution in [-0.2, 0) is 14.3 Å². The van der Waals surface area contributed by atoms with Gasteiger partial charge in [-0.05, 0) is 24.6 Å². The molecule has 4 nitrogen and oxygen atoms in total. The molecule has 0 saturated heterocycles. The summed E-state index contributed by atoms with van der Waals surface area (Å²) in [5.74, 6) is 0. The Kier molecular flexibility index (Phi) is 4.54. The lowest BCUT2D eigenvalue weighted by Gasteiger charge is -2.11. The summed E-state index contributed by atoms with van der Waals surface area (Å²) in [6.07, 6.45) is -0.976. The summed E-state index contributed by atoms with van der Waals surface area (Å²) in [6.45, 7) is 1.57. The first-order valence-corrected chi connectivity index (χ1v) is 7.59. The Bertz CT molecular complexity index is 648. The average molecular weight is 292 g/mol. The third kappa shape index (κ3) is 3.66. The minimum absolute atomic E-state index is 0.0864. The Labute approximate surface area is 118 Å². The molecule has 2 aromatic carbocycles. The van der Waals surface area contributed by atoms with Crippen molar-refractivity contribution in [3.8, 4) is 0 Å². The number of hydrogen-bond donors (Lipinski definition) is 1. The van der Waals surface area contributed by atoms with E-state index in [1.165, 1.54) is 12.1 Å². The van der Waals surface area contributed by atoms with Crippen LogP contribution in [0.25, 0.3) is 0 Å². The van der Waals surface area contributed by atoms with Crippen LogP contribution < -0.4 is 0 Å². The van der Waals surface area contributed by atoms with Gasteiger partial charge in [-0.3, -0.25) is 4.18 Å². The molecular weight excluding hydrogens is 276 g/mol. The fourth-order valence-electron chi connectivity index (χ4n) is 1.70. The number of aliphatic hydroxyl groups excluding tert-OH is 1. The van der Waals surface area contributed by atoms with E-state index in [9.17, 15) is 13.5 Å². The largest absolute Gasteiger partial charge is 0.386 e. The van der Waals surface area contributed by atoms with Crippen LogP contribution in [0.3, 0.4) is 0 Å². The molecule has 1 N–H and O–H groups in total. The topological polar surface area (TPSA) is 63.6 Å². The minimum atomic E-state index is -3.84. The van der Waals surface area contributed by atoms with Gasteiger partial charge in [0.25, 0.3) is 10.1 Å². The van der Waals surface area contributed by atoms with Crippen molar-refractivity contribution in [2.75, 3.05) is 6.61 Å². The van der Waals surface area contributed by atoms with Gasteiger partial charge in [-0.1, -0.05) is 48.0 Å². The molecule has 0 spiro atoms. The van der Waals surface area contributed by atoms with E-state index in [1.54, 1.807) is 36.4 Å². The van der Waals surface area contributed by atoms with Gasteiger partial charge in [0.2, 0.25) is 0 Å². The van der Waals surface area contributed by atoms with Crippen molar-refractivity contribution in [3.05, 3.63) is 65.7 Å². The van der Waals surface area contributed by atoms with Gasteiger partial charge in [0.05, 0.1) is 11.5 Å². The molecule has 0 saturated carbocycles. The summed E-state index contributed by atoms with van der Waals surface area (Å²) >= 11 is 0. The van der Waals surface area contributed by atoms with Crippen molar-refractivity contribution in [1.29, 1.82) is 0 Å². The molecule has 0 bridgehead atoms. The zero-order valence-electron chi connectivity index (χ0n) is 11.1. The van der Waals surface area contributed by atoms with E-state index >= 15 is 0 Å². The van der Waals surface area contributed by atoms with Crippen LogP contribution in [-0.4, -0.2) is 20.1 Å². The summed E-state index contributed by atoms with van der Waals surface area (Å²) in [6, 6.07) is 15.2. The summed E-state index contributed by atoms with van der Waals surface area (Å²) in [7, 11) is -3.84. The van der Waals surface area contributed by atoms with Crippen molar-refractivity contribution < 1.29 is 17.7 Å². The van der Waals surface area contributed by atoms with Gasteiger partial charge >= 0.3 is 0 Å². The van der Waals surface area contributed by atoms with Crippen LogP contribution in [0.15, 0.2) is 59.5 Å². The van der Waals surface area contributed by atoms with Crippen molar-refractivity contribution >= 4 is 10.1 Å². The highest BCUT2D eigenvalue weighted by Gasteiger charge is 2.17. The fraction of sp³-hybridized carbons (Fsp3) is 0.200. The molecule has 5 heteroatoms. The molecule has 0 heterocycles. The van der Waals surface area contributed by atoms with Gasteiger partial charge in [-0.15, -0.1) is 0 Å². The zero-order chi connectivity index (χ0) is 14.6. The molecule has 0 aromatic heterocycles. The highest BCUT2D eigenvalue weighted by atomic mass is 32.2. The molecule has 1 atom stereocenters. The van der Waals surface area contributed by atoms with E-state index < -0.39 is 16.2 Å². The van der Waals surface area contributed by atoms with Crippen LogP contribution in [0.1, 0.15) is 17.2 Å². The number of rotatable bonds is 5. The summed E-state index contributed by atoms with van der Waals surface area (Å²) < 4.78 is 28.8. The van der Waals surface area contributed by atoms with E-state index in [1.807, 2.05) is 13.0 Å². The van der Waals surface area contributed by atoms with Gasteiger partial charge in [0.1, 0.15) is 6.10 Å². The smallest absolute Gasteiger partial charge is 0.297 e. The maximum Gasteiger partial charge on any atom is 0.297 e. The Hall–Kier alpha value is -1.69. The van der Waals surface area contributed by atoms with Crippen LogP contribution >= 0.6 is 0 Å². The normalized spacial score (nSPS) is 13.1. The van der Waals surface area contributed by atoms with E-state index in [0.29, 0.717) is 5.56 Å². The van der Waals surface area contributed by atoms with E-state index in [2.05, 4.69) is 0 Å². The number of hydrogen-bond acceptors (Lipinski definition) is 4. The Morgan fingerprint density at radius 3 is 2.25 bits per heavy atom. The lowest BCUT2D eigenvalue weighted by atomic mass is 10.1. The Morgan fingerprint density at radius 2 is 1.65 bits per heavy atom. The van der Waals surface area contributed by atoms with Crippen molar-refractivity contribution in [2.45, 2.75) is 17.9 Å². The molecule has 2 rings (SSSR count). The Morgan fingerprint density at radius 1 is 1.05 bits per heavy atom. The third-order valence-corrected chi connectivity index (χ3v) is 4.17. The van der Waals surface area contributed by atoms with E-state index in [-0.39, 0.29) is 11.5 Å². The van der Waals surface area contributed by atoms with Crippen LogP contribution in [0.4, 0.5) is 0 Å². The minimum Gasteiger partial charge on any atom is -0.386 e. The molecule has 0 amide bonds. The van der Waals surface area contributed by atoms with Crippen LogP contribution in [0, 0.1) is 6.92 Å². The molecule has 0 aliphatic rings. The molecular formula is C15H16O4S. The first-order chi connectivity index (χ1) is 9.49. The third-order valence-electron chi connectivity index (χ3n) is 2.88. The van der Waals surface area contributed by atoms with Crippen LogP contribution in [0.2, 0.25) is 0 Å². The predicted octanol–water partition coefficient (Wildman–Crippen LogP) is 2.43. The number of aliphatic hydroxyl groups is 1. The molecule has 20 heavy (non-hydrogen) atoms. The van der Waals surface area contributed by atoms with Crippen molar-refractivity contribution in [2.24, 2.45) is 0 Å². The van der Waals surface area contributed by atoms with Gasteiger partial charge in [0, 0.05) is 0 Å². The summed E-state index contributed by atoms with van der Waals surface area (Å²) in [5, 5.41) is 9.89. The van der Waals surface area contributed by atoms with Gasteiger partial charge in [-0.2, -0.15) is 8.42 Å². The summed E-state index contributed by atoms with van der Waals surface area (Å²) in [4.78, 5) is 0.0864. The molecule has 106 valence electrons. The molecule has 0 aliphatic heterocycles. The maximum absolute atomic E-state index is 11.9. The zero-order valence-corrected chi connectivity index (χ0v) is 11.9. The van der Waals surface area contributed by atoms with Crippen molar-refractivity contribution in [1.82, 2.24) is 0 Å². The highest BCUT2D eigenvalue weighted by molar-refractivity contribution is 7.86. The molecule has 0 radical (unpaired) electrons. The van der Waals surface area contributed by atoms with Crippen molar-refractivity contribution in [3.63, 3.8) is 0 Å². The first kappa shape index (κ1) is 14.7. The SMILES string of the molecule is Cc1ccc(S(=O)(=O)OCC(O)c2ccccc2)cc1. The first-order valence-electron chi connectivity index (χ1n) is 6.18. The monoisotopic (exact) mass is 292 g/mol. The molecule has 0 aliphatic carbocycles. The maximum atomic E-state index is 11.9. The van der Waals surface area contributed by atoms with Gasteiger partial charge < -0.3 is 5.11 Å². The fourth-order valence-corrected chi connectivity index (χ4v) is 2.61. The number of benzene rings is 2. The lowest BCUT2D eigenvalue weighted by molar-refractivity contribution is 0.111. The average Bonchev–Trinajstić information content (AvgIpc) is 2.46. The second kappa shape index (κ2) is 6.17. The highest BCUT2D eigenvalue weighted by Crippen LogP contribution is 2.17. The van der Waals surface area contributed by atoms with Crippen LogP contribution in [0.5, 0.6) is 0 Å².